The maximum atomic E-state index is 7.38. The molecule has 0 fully saturated rings. The molecule has 0 radical (unpaired) electrons. The molecule has 0 saturated heterocycles. The molecule has 0 saturated carbocycles. The largest absolute Gasteiger partial charge is 0.384 e. The number of amidine groups is 1. The Morgan fingerprint density at radius 1 is 1.54 bits per heavy atom. The van der Waals surface area contributed by atoms with E-state index < -0.39 is 0 Å². The normalized spacial score (nSPS) is 14.2. The minimum Gasteiger partial charge on any atom is -0.384 e. The molecular weight excluding hydrogens is 162 g/mol. The Morgan fingerprint density at radius 2 is 2.31 bits per heavy atom. The van der Waals surface area contributed by atoms with Crippen LogP contribution in [0.4, 0.5) is 0 Å². The summed E-state index contributed by atoms with van der Waals surface area (Å²) in [7, 11) is 0. The van der Waals surface area contributed by atoms with Gasteiger partial charge in [-0.25, -0.2) is 0 Å². The molecule has 1 aliphatic rings. The van der Waals surface area contributed by atoms with E-state index in [0.29, 0.717) is 0 Å². The molecule has 1 aliphatic carbocycles. The average Bonchev–Trinajstić information content (AvgIpc) is 2.48. The van der Waals surface area contributed by atoms with Gasteiger partial charge in [0.25, 0.3) is 0 Å². The van der Waals surface area contributed by atoms with Crippen LogP contribution >= 0.6 is 0 Å². The molecular formula is C10H13N3. The minimum atomic E-state index is 0.125. The van der Waals surface area contributed by atoms with Gasteiger partial charge in [0, 0.05) is 17.0 Å². The minimum absolute atomic E-state index is 0.125. The van der Waals surface area contributed by atoms with Crippen molar-refractivity contribution in [1.29, 1.82) is 5.41 Å². The fourth-order valence-electron chi connectivity index (χ4n) is 1.85. The van der Waals surface area contributed by atoms with Crippen molar-refractivity contribution in [2.24, 2.45) is 5.73 Å². The first kappa shape index (κ1) is 8.23. The smallest absolute Gasteiger partial charge is 0.124 e. The van der Waals surface area contributed by atoms with E-state index in [1.165, 1.54) is 17.7 Å². The maximum Gasteiger partial charge on any atom is 0.124 e. The van der Waals surface area contributed by atoms with Crippen LogP contribution in [-0.2, 0) is 12.8 Å². The molecule has 0 spiro atoms. The molecule has 0 atom stereocenters. The zero-order valence-corrected chi connectivity index (χ0v) is 7.72. The van der Waals surface area contributed by atoms with Crippen molar-refractivity contribution in [3.05, 3.63) is 28.6 Å². The first-order chi connectivity index (χ1) is 6.18. The van der Waals surface area contributed by atoms with Crippen molar-refractivity contribution in [2.75, 3.05) is 0 Å². The van der Waals surface area contributed by atoms with Gasteiger partial charge in [-0.3, -0.25) is 10.4 Å². The number of nitrogens with zero attached hydrogens (tertiary/aromatic N) is 1. The highest BCUT2D eigenvalue weighted by Crippen LogP contribution is 2.22. The van der Waals surface area contributed by atoms with Crippen LogP contribution in [0.1, 0.15) is 28.9 Å². The van der Waals surface area contributed by atoms with Crippen LogP contribution in [-0.4, -0.2) is 10.8 Å². The molecule has 0 amide bonds. The third kappa shape index (κ3) is 1.30. The lowest BCUT2D eigenvalue weighted by Gasteiger charge is -2.06. The third-order valence-corrected chi connectivity index (χ3v) is 2.53. The molecule has 13 heavy (non-hydrogen) atoms. The predicted octanol–water partition coefficient (Wildman–Crippen LogP) is 1.16. The van der Waals surface area contributed by atoms with Gasteiger partial charge in [-0.05, 0) is 37.8 Å². The van der Waals surface area contributed by atoms with Crippen LogP contribution in [0.3, 0.4) is 0 Å². The number of aromatic nitrogens is 1. The molecule has 68 valence electrons. The van der Waals surface area contributed by atoms with Crippen molar-refractivity contribution in [1.82, 2.24) is 4.98 Å². The van der Waals surface area contributed by atoms with Crippen molar-refractivity contribution in [2.45, 2.75) is 26.2 Å². The monoisotopic (exact) mass is 175 g/mol. The van der Waals surface area contributed by atoms with Gasteiger partial charge in [-0.15, -0.1) is 0 Å². The van der Waals surface area contributed by atoms with E-state index in [0.717, 1.165) is 24.1 Å². The number of aryl methyl sites for hydroxylation is 3. The summed E-state index contributed by atoms with van der Waals surface area (Å²) < 4.78 is 0. The maximum absolute atomic E-state index is 7.38. The topological polar surface area (TPSA) is 62.8 Å². The van der Waals surface area contributed by atoms with E-state index in [-0.39, 0.29) is 5.84 Å². The second kappa shape index (κ2) is 2.83. The molecule has 3 N–H and O–H groups in total. The second-order valence-corrected chi connectivity index (χ2v) is 3.49. The first-order valence-electron chi connectivity index (χ1n) is 4.52. The fraction of sp³-hybridized carbons (Fsp3) is 0.400. The van der Waals surface area contributed by atoms with Crippen LogP contribution in [0.25, 0.3) is 0 Å². The van der Waals surface area contributed by atoms with Gasteiger partial charge < -0.3 is 5.73 Å². The predicted molar refractivity (Wildman–Crippen MR) is 52.0 cm³/mol. The van der Waals surface area contributed by atoms with E-state index in [1.54, 1.807) is 0 Å². The molecule has 2 rings (SSSR count). The van der Waals surface area contributed by atoms with Crippen molar-refractivity contribution in [3.8, 4) is 0 Å². The van der Waals surface area contributed by atoms with E-state index in [4.69, 9.17) is 11.1 Å². The van der Waals surface area contributed by atoms with Crippen molar-refractivity contribution < 1.29 is 0 Å². The van der Waals surface area contributed by atoms with E-state index >= 15 is 0 Å². The number of nitrogens with one attached hydrogen (secondary N) is 1. The van der Waals surface area contributed by atoms with Gasteiger partial charge in [0.1, 0.15) is 5.84 Å². The zero-order valence-electron chi connectivity index (χ0n) is 7.72. The number of pyridine rings is 1. The summed E-state index contributed by atoms with van der Waals surface area (Å²) in [5.74, 6) is 0.125. The fourth-order valence-corrected chi connectivity index (χ4v) is 1.85. The van der Waals surface area contributed by atoms with Crippen LogP contribution in [0.2, 0.25) is 0 Å². The van der Waals surface area contributed by atoms with Gasteiger partial charge >= 0.3 is 0 Å². The SMILES string of the molecule is Cc1nc2c(cc1C(=N)N)CCC2. The number of fused-ring (bicyclic) bond motifs is 1. The van der Waals surface area contributed by atoms with Crippen LogP contribution in [0, 0.1) is 12.3 Å². The number of hydrogen-bond acceptors (Lipinski definition) is 2. The quantitative estimate of drug-likeness (QED) is 0.497. The zero-order chi connectivity index (χ0) is 9.42. The summed E-state index contributed by atoms with van der Waals surface area (Å²) in [5, 5.41) is 7.38. The highest BCUT2D eigenvalue weighted by Gasteiger charge is 2.15. The van der Waals surface area contributed by atoms with Gasteiger partial charge in [-0.2, -0.15) is 0 Å². The molecule has 0 bridgehead atoms. The molecule has 0 unspecified atom stereocenters. The number of rotatable bonds is 1. The standard InChI is InChI=1S/C10H13N3/c1-6-8(10(11)12)5-7-3-2-4-9(7)13-6/h5H,2-4H2,1H3,(H3,11,12). The molecule has 0 aromatic carbocycles. The molecule has 1 heterocycles. The molecule has 3 heteroatoms. The molecule has 1 aromatic heterocycles. The van der Waals surface area contributed by atoms with Gasteiger partial charge in [0.15, 0.2) is 0 Å². The Bertz CT molecular complexity index is 369. The number of hydrogen-bond donors (Lipinski definition) is 2. The van der Waals surface area contributed by atoms with Gasteiger partial charge in [0.05, 0.1) is 0 Å². The molecule has 0 aliphatic heterocycles. The van der Waals surface area contributed by atoms with Gasteiger partial charge in [0.2, 0.25) is 0 Å². The van der Waals surface area contributed by atoms with Crippen LogP contribution < -0.4 is 5.73 Å². The van der Waals surface area contributed by atoms with E-state index in [2.05, 4.69) is 4.98 Å². The lowest BCUT2D eigenvalue weighted by molar-refractivity contribution is 0.896. The van der Waals surface area contributed by atoms with Gasteiger partial charge in [-0.1, -0.05) is 0 Å². The Kier molecular flexibility index (Phi) is 1.79. The van der Waals surface area contributed by atoms with E-state index in [9.17, 15) is 0 Å². The molecule has 3 nitrogen and oxygen atoms in total. The first-order valence-corrected chi connectivity index (χ1v) is 4.52. The Morgan fingerprint density at radius 3 is 3.00 bits per heavy atom. The molecule has 1 aromatic rings. The number of nitrogen functional groups attached to an aromatic ring is 1. The lowest BCUT2D eigenvalue weighted by Crippen LogP contribution is -2.14. The lowest BCUT2D eigenvalue weighted by atomic mass is 10.1. The van der Waals surface area contributed by atoms with Crippen molar-refractivity contribution >= 4 is 5.84 Å². The van der Waals surface area contributed by atoms with E-state index in [1.807, 2.05) is 13.0 Å². The summed E-state index contributed by atoms with van der Waals surface area (Å²) in [5.41, 5.74) is 9.60. The average molecular weight is 175 g/mol. The summed E-state index contributed by atoms with van der Waals surface area (Å²) >= 11 is 0. The summed E-state index contributed by atoms with van der Waals surface area (Å²) in [4.78, 5) is 4.45. The van der Waals surface area contributed by atoms with Crippen LogP contribution in [0.5, 0.6) is 0 Å². The summed E-state index contributed by atoms with van der Waals surface area (Å²) in [6.45, 7) is 1.91. The Labute approximate surface area is 77.5 Å². The Balaban J connectivity index is 2.55. The van der Waals surface area contributed by atoms with Crippen LogP contribution in [0.15, 0.2) is 6.07 Å². The third-order valence-electron chi connectivity index (χ3n) is 2.53. The summed E-state index contributed by atoms with van der Waals surface area (Å²) in [6.07, 6.45) is 3.35. The highest BCUT2D eigenvalue weighted by molar-refractivity contribution is 5.96. The Hall–Kier alpha value is -1.38. The second-order valence-electron chi connectivity index (χ2n) is 3.49. The highest BCUT2D eigenvalue weighted by atomic mass is 14.8. The summed E-state index contributed by atoms with van der Waals surface area (Å²) in [6, 6.07) is 2.02. The van der Waals surface area contributed by atoms with Crippen molar-refractivity contribution in [3.63, 3.8) is 0 Å². The number of nitrogens with two attached hydrogens (primary N) is 1.